The Morgan fingerprint density at radius 3 is 2.18 bits per heavy atom. The van der Waals surface area contributed by atoms with Crippen molar-refractivity contribution in [2.45, 2.75) is 48.1 Å². The second-order valence-corrected chi connectivity index (χ2v) is 8.03. The lowest BCUT2D eigenvalue weighted by atomic mass is 10.0. The molecule has 1 aromatic rings. The molecule has 1 nitrogen and oxygen atoms in total. The van der Waals surface area contributed by atoms with Crippen LogP contribution in [0.25, 0.3) is 0 Å². The molecule has 2 heteroatoms. The number of aryl methyl sites for hydroxylation is 2. The predicted molar refractivity (Wildman–Crippen MR) is 76.6 cm³/mol. The molecule has 0 aromatic carbocycles. The van der Waals surface area contributed by atoms with Gasteiger partial charge in [0.1, 0.15) is 0 Å². The molecule has 0 bridgehead atoms. The van der Waals surface area contributed by atoms with Crippen LogP contribution in [0.4, 0.5) is 0 Å². The minimum absolute atomic E-state index is 0.500. The maximum atomic E-state index is 3.64. The van der Waals surface area contributed by atoms with Crippen LogP contribution in [0.15, 0.2) is 6.07 Å². The van der Waals surface area contributed by atoms with Crippen LogP contribution < -0.4 is 5.32 Å². The average molecular weight is 251 g/mol. The first-order valence-corrected chi connectivity index (χ1v) is 7.35. The van der Waals surface area contributed by atoms with Gasteiger partial charge in [-0.2, -0.15) is 0 Å². The van der Waals surface area contributed by atoms with Crippen molar-refractivity contribution in [2.75, 3.05) is 6.54 Å². The molecule has 1 aliphatic rings. The fourth-order valence-corrected chi connectivity index (χ4v) is 4.00. The fourth-order valence-electron chi connectivity index (χ4n) is 3.05. The number of nitrogens with one attached hydrogen (secondary N) is 1. The van der Waals surface area contributed by atoms with E-state index in [4.69, 9.17) is 0 Å². The van der Waals surface area contributed by atoms with Crippen molar-refractivity contribution in [1.82, 2.24) is 5.32 Å². The molecular weight excluding hydrogens is 226 g/mol. The molecule has 0 amide bonds. The highest BCUT2D eigenvalue weighted by Crippen LogP contribution is 2.67. The maximum absolute atomic E-state index is 3.64. The van der Waals surface area contributed by atoms with E-state index in [1.54, 1.807) is 0 Å². The third-order valence-electron chi connectivity index (χ3n) is 5.13. The van der Waals surface area contributed by atoms with Crippen molar-refractivity contribution >= 4 is 11.3 Å². The van der Waals surface area contributed by atoms with Gasteiger partial charge in [0.25, 0.3) is 0 Å². The first-order chi connectivity index (χ1) is 7.76. The van der Waals surface area contributed by atoms with Crippen LogP contribution in [-0.2, 0) is 6.54 Å². The first kappa shape index (κ1) is 13.1. The summed E-state index contributed by atoms with van der Waals surface area (Å²) in [6.45, 7) is 16.1. The summed E-state index contributed by atoms with van der Waals surface area (Å²) in [5, 5.41) is 3.64. The van der Waals surface area contributed by atoms with Crippen LogP contribution in [0.1, 0.15) is 43.0 Å². The molecule has 1 fully saturated rings. The minimum Gasteiger partial charge on any atom is -0.312 e. The SMILES string of the molecule is Cc1cc(CNCC2C(C)(C)C2(C)C)c(C)s1. The summed E-state index contributed by atoms with van der Waals surface area (Å²) in [5.41, 5.74) is 2.47. The molecule has 2 rings (SSSR count). The number of rotatable bonds is 4. The molecule has 0 spiro atoms. The first-order valence-electron chi connectivity index (χ1n) is 6.53. The van der Waals surface area contributed by atoms with Crippen LogP contribution in [0.3, 0.4) is 0 Å². The summed E-state index contributed by atoms with van der Waals surface area (Å²) in [6.07, 6.45) is 0. The van der Waals surface area contributed by atoms with Gasteiger partial charge < -0.3 is 5.32 Å². The maximum Gasteiger partial charge on any atom is 0.0216 e. The van der Waals surface area contributed by atoms with E-state index in [1.807, 2.05) is 11.3 Å². The molecule has 96 valence electrons. The Balaban J connectivity index is 1.84. The molecule has 1 aromatic heterocycles. The highest BCUT2D eigenvalue weighted by Gasteiger charge is 2.63. The standard InChI is InChI=1S/C15H25NS/c1-10-7-12(11(2)17-10)8-16-9-13-14(3,4)15(13,5)6/h7,13,16H,8-9H2,1-6H3. The van der Waals surface area contributed by atoms with Gasteiger partial charge in [-0.15, -0.1) is 11.3 Å². The fraction of sp³-hybridized carbons (Fsp3) is 0.733. The Morgan fingerprint density at radius 1 is 1.18 bits per heavy atom. The summed E-state index contributed by atoms with van der Waals surface area (Å²) in [5.74, 6) is 0.815. The van der Waals surface area contributed by atoms with E-state index >= 15 is 0 Å². The Morgan fingerprint density at radius 2 is 1.76 bits per heavy atom. The van der Waals surface area contributed by atoms with Crippen molar-refractivity contribution < 1.29 is 0 Å². The minimum atomic E-state index is 0.500. The molecule has 1 N–H and O–H groups in total. The smallest absolute Gasteiger partial charge is 0.0216 e. The zero-order valence-electron chi connectivity index (χ0n) is 12.0. The van der Waals surface area contributed by atoms with Crippen LogP contribution in [0.2, 0.25) is 0 Å². The van der Waals surface area contributed by atoms with Gasteiger partial charge >= 0.3 is 0 Å². The lowest BCUT2D eigenvalue weighted by Crippen LogP contribution is -2.18. The number of thiophene rings is 1. The number of hydrogen-bond acceptors (Lipinski definition) is 2. The van der Waals surface area contributed by atoms with Gasteiger partial charge in [0.2, 0.25) is 0 Å². The van der Waals surface area contributed by atoms with Crippen molar-refractivity contribution in [1.29, 1.82) is 0 Å². The van der Waals surface area contributed by atoms with E-state index < -0.39 is 0 Å². The zero-order chi connectivity index (χ0) is 12.8. The second kappa shape index (κ2) is 4.10. The largest absolute Gasteiger partial charge is 0.312 e. The zero-order valence-corrected chi connectivity index (χ0v) is 12.8. The van der Waals surface area contributed by atoms with Crippen molar-refractivity contribution in [3.05, 3.63) is 21.4 Å². The Labute approximate surface area is 110 Å². The molecule has 1 heterocycles. The number of hydrogen-bond donors (Lipinski definition) is 1. The van der Waals surface area contributed by atoms with Crippen molar-refractivity contribution in [3.8, 4) is 0 Å². The quantitative estimate of drug-likeness (QED) is 0.848. The van der Waals surface area contributed by atoms with Crippen molar-refractivity contribution in [2.24, 2.45) is 16.7 Å². The summed E-state index contributed by atoms with van der Waals surface area (Å²) in [7, 11) is 0. The van der Waals surface area contributed by atoms with E-state index in [0.717, 1.165) is 19.0 Å². The summed E-state index contributed by atoms with van der Waals surface area (Å²) < 4.78 is 0. The molecule has 17 heavy (non-hydrogen) atoms. The second-order valence-electron chi connectivity index (χ2n) is 6.57. The van der Waals surface area contributed by atoms with Crippen LogP contribution >= 0.6 is 11.3 Å². The van der Waals surface area contributed by atoms with Crippen LogP contribution in [0, 0.1) is 30.6 Å². The molecular formula is C15H25NS. The Kier molecular flexibility index (Phi) is 3.16. The van der Waals surface area contributed by atoms with E-state index in [9.17, 15) is 0 Å². The highest BCUT2D eigenvalue weighted by atomic mass is 32.1. The van der Waals surface area contributed by atoms with Gasteiger partial charge in [0, 0.05) is 16.3 Å². The van der Waals surface area contributed by atoms with E-state index in [1.165, 1.54) is 15.3 Å². The van der Waals surface area contributed by atoms with Crippen LogP contribution in [-0.4, -0.2) is 6.54 Å². The van der Waals surface area contributed by atoms with E-state index in [2.05, 4.69) is 52.9 Å². The van der Waals surface area contributed by atoms with E-state index in [-0.39, 0.29) is 0 Å². The highest BCUT2D eigenvalue weighted by molar-refractivity contribution is 7.12. The topological polar surface area (TPSA) is 12.0 Å². The van der Waals surface area contributed by atoms with Gasteiger partial charge in [0.15, 0.2) is 0 Å². The van der Waals surface area contributed by atoms with E-state index in [0.29, 0.717) is 10.8 Å². The third-order valence-corrected chi connectivity index (χ3v) is 6.14. The molecule has 1 saturated carbocycles. The normalized spacial score (nSPS) is 21.8. The van der Waals surface area contributed by atoms with Gasteiger partial charge in [-0.25, -0.2) is 0 Å². The van der Waals surface area contributed by atoms with Gasteiger partial charge in [-0.1, -0.05) is 27.7 Å². The average Bonchev–Trinajstić information content (AvgIpc) is 2.49. The molecule has 0 aliphatic heterocycles. The van der Waals surface area contributed by atoms with Gasteiger partial charge in [-0.3, -0.25) is 0 Å². The summed E-state index contributed by atoms with van der Waals surface area (Å²) in [4.78, 5) is 2.88. The van der Waals surface area contributed by atoms with Crippen molar-refractivity contribution in [3.63, 3.8) is 0 Å². The van der Waals surface area contributed by atoms with Gasteiger partial charge in [0.05, 0.1) is 0 Å². The molecule has 0 atom stereocenters. The molecule has 0 unspecified atom stereocenters. The molecule has 1 aliphatic carbocycles. The van der Waals surface area contributed by atoms with Gasteiger partial charge in [-0.05, 0) is 48.8 Å². The monoisotopic (exact) mass is 251 g/mol. The lowest BCUT2D eigenvalue weighted by molar-refractivity contribution is 0.457. The molecule has 0 saturated heterocycles. The summed E-state index contributed by atoms with van der Waals surface area (Å²) in [6, 6.07) is 2.32. The molecule has 0 radical (unpaired) electrons. The van der Waals surface area contributed by atoms with Crippen LogP contribution in [0.5, 0.6) is 0 Å². The Bertz CT molecular complexity index is 401. The third kappa shape index (κ3) is 2.17. The lowest BCUT2D eigenvalue weighted by Gasteiger charge is -2.05. The Hall–Kier alpha value is -0.340. The predicted octanol–water partition coefficient (Wildman–Crippen LogP) is 4.14. The summed E-state index contributed by atoms with van der Waals surface area (Å²) >= 11 is 1.90.